The summed E-state index contributed by atoms with van der Waals surface area (Å²) >= 11 is 5.76. The molecule has 0 radical (unpaired) electrons. The van der Waals surface area contributed by atoms with Crippen LogP contribution in [0, 0.1) is 51.6 Å². The number of hydrogen-bond donors (Lipinski definition) is 5. The standard InChI is InChI=1S/2C29H33FN2O3.2C2H3N.2ClH.Cu.HI.Pd/c1-29(2,20-35-18-22-11-7-4-8-12-22)28-14-23-13-26(31)25(30)15-27(23)32(28)16-24(33)19-34-17-21-9-5-3-6-10-21;1-29(2,21-35-19-23-11-7-4-8-12-23)14-13-24-15-27(31)26(30)16-28(24)32-17-25(33)20-34-18-22-9-5-3-6-10-22;2*1-2-3;;;;;/h3-15,24,33H,16-20,31H2,1-2H3;3-12,15-16,25,32-33H,17-21,31H2,1-2H3;2*1H3;2*1H;;1H;/q;;;;;;+1;;+2/p-3/t24-;25-;;;;;;;/m11......./s1. The third-order valence-corrected chi connectivity index (χ3v) is 11.3. The van der Waals surface area contributed by atoms with Crippen LogP contribution in [0.25, 0.3) is 10.9 Å². The van der Waals surface area contributed by atoms with Crippen molar-refractivity contribution in [3.63, 3.8) is 0 Å². The summed E-state index contributed by atoms with van der Waals surface area (Å²) in [5.74, 6) is 5.30. The van der Waals surface area contributed by atoms with Crippen molar-refractivity contribution >= 4 is 67.4 Å². The Labute approximate surface area is 513 Å². The predicted octanol–water partition coefficient (Wildman–Crippen LogP) is 13.7. The maximum absolute atomic E-state index is 14.4. The number of aliphatic hydroxyl groups is 2. The molecular formula is C62H72Cl2CuF2IN6O6Pd. The molecule has 0 spiro atoms. The third kappa shape index (κ3) is 28.6. The van der Waals surface area contributed by atoms with Crippen LogP contribution in [0.1, 0.15) is 75.1 Å². The summed E-state index contributed by atoms with van der Waals surface area (Å²) in [6.07, 6.45) is -1.54. The van der Waals surface area contributed by atoms with Crippen LogP contribution in [0.3, 0.4) is 0 Å². The van der Waals surface area contributed by atoms with E-state index in [2.05, 4.69) is 43.8 Å². The zero-order valence-electron chi connectivity index (χ0n) is 46.2. The minimum absolute atomic E-state index is 0.0183. The van der Waals surface area contributed by atoms with E-state index in [9.17, 15) is 19.0 Å². The number of benzene rings is 6. The number of nitrogen functional groups attached to an aromatic ring is 2. The fraction of sp³-hybridized carbons (Fsp3) is 0.323. The fourth-order valence-corrected chi connectivity index (χ4v) is 7.57. The van der Waals surface area contributed by atoms with Gasteiger partial charge in [0.1, 0.15) is 11.6 Å². The van der Waals surface area contributed by atoms with Crippen LogP contribution in [0.5, 0.6) is 0 Å². The second-order valence-corrected chi connectivity index (χ2v) is 21.5. The second-order valence-electron chi connectivity index (χ2n) is 19.1. The molecule has 81 heavy (non-hydrogen) atoms. The molecule has 6 aromatic carbocycles. The van der Waals surface area contributed by atoms with E-state index >= 15 is 0 Å². The second kappa shape index (κ2) is 41.0. The molecule has 19 heteroatoms. The minimum atomic E-state index is -0.775. The first-order valence-electron chi connectivity index (χ1n) is 25.2. The number of aliphatic hydroxyl groups excluding tert-OH is 2. The van der Waals surface area contributed by atoms with E-state index in [1.54, 1.807) is 38.5 Å². The van der Waals surface area contributed by atoms with Crippen LogP contribution in [-0.4, -0.2) is 60.0 Å². The van der Waals surface area contributed by atoms with Crippen LogP contribution in [0.4, 0.5) is 25.8 Å². The molecule has 0 fully saturated rings. The Morgan fingerprint density at radius 3 is 1.49 bits per heavy atom. The number of ether oxygens (including phenoxy) is 4. The average Bonchev–Trinajstić information content (AvgIpc) is 4.06. The quantitative estimate of drug-likeness (QED) is 0.0188. The van der Waals surface area contributed by atoms with Crippen LogP contribution < -0.4 is 16.8 Å². The number of nitriles is 2. The van der Waals surface area contributed by atoms with Crippen molar-refractivity contribution in [2.75, 3.05) is 49.8 Å². The van der Waals surface area contributed by atoms with Gasteiger partial charge in [0, 0.05) is 60.0 Å². The summed E-state index contributed by atoms with van der Waals surface area (Å²) in [4.78, 5) is 0. The van der Waals surface area contributed by atoms with E-state index in [-0.39, 0.29) is 53.6 Å². The molecule has 0 aliphatic carbocycles. The molecule has 0 saturated carbocycles. The van der Waals surface area contributed by atoms with Crippen molar-refractivity contribution in [1.29, 1.82) is 10.5 Å². The van der Waals surface area contributed by atoms with Crippen molar-refractivity contribution in [1.82, 2.24) is 4.57 Å². The first-order valence-corrected chi connectivity index (χ1v) is 32.3. The van der Waals surface area contributed by atoms with Crippen LogP contribution >= 0.6 is 39.4 Å². The summed E-state index contributed by atoms with van der Waals surface area (Å²) in [6, 6.07) is 50.9. The molecule has 1 aromatic heterocycles. The number of nitrogens with zero attached hydrogens (tertiary/aromatic N) is 3. The van der Waals surface area contributed by atoms with Crippen molar-refractivity contribution < 1.29 is 66.6 Å². The summed E-state index contributed by atoms with van der Waals surface area (Å²) in [6.45, 7) is 14.5. The van der Waals surface area contributed by atoms with Crippen molar-refractivity contribution in [3.05, 3.63) is 197 Å². The number of anilines is 3. The van der Waals surface area contributed by atoms with E-state index < -0.39 is 34.7 Å². The summed E-state index contributed by atoms with van der Waals surface area (Å²) in [7, 11) is 9.63. The number of nitrogens with one attached hydrogen (secondary N) is 1. The van der Waals surface area contributed by atoms with Gasteiger partial charge in [-0.1, -0.05) is 147 Å². The molecule has 0 amide bonds. The predicted molar refractivity (Wildman–Crippen MR) is 324 cm³/mol. The SMILES string of the molecule is CC#N.CC#N.CC(C)(C#Cc1cc(N)c(F)cc1NC[C@@H](O)COCc1ccccc1)COCc1ccccc1.CC(C)(COCc1ccccc1)c1cc2cc(N)c(F)cc2n1C[C@@H](O)COCc1ccccc1.[Cl][Pd][Cl].[Cu][I]. The van der Waals surface area contributed by atoms with Gasteiger partial charge >= 0.3 is 68.1 Å². The summed E-state index contributed by atoms with van der Waals surface area (Å²) < 4.78 is 53.7. The van der Waals surface area contributed by atoms with Crippen molar-refractivity contribution in [3.8, 4) is 24.0 Å². The Morgan fingerprint density at radius 1 is 0.642 bits per heavy atom. The molecule has 0 bridgehead atoms. The Hall–Kier alpha value is -5.09. The van der Waals surface area contributed by atoms with Crippen molar-refractivity contribution in [2.45, 2.75) is 92.1 Å². The zero-order valence-corrected chi connectivity index (χ0v) is 52.4. The molecule has 0 saturated heterocycles. The van der Waals surface area contributed by atoms with Gasteiger partial charge in [0.05, 0.1) is 106 Å². The first kappa shape index (κ1) is 72.0. The van der Waals surface area contributed by atoms with Gasteiger partial charge in [-0.3, -0.25) is 0 Å². The van der Waals surface area contributed by atoms with Gasteiger partial charge in [-0.25, -0.2) is 8.78 Å². The van der Waals surface area contributed by atoms with E-state index in [1.807, 2.05) is 146 Å². The number of aromatic nitrogens is 1. The van der Waals surface area contributed by atoms with Gasteiger partial charge in [-0.05, 0) is 54.3 Å². The summed E-state index contributed by atoms with van der Waals surface area (Å²) in [5.41, 5.74) is 17.8. The molecule has 0 aliphatic heterocycles. The molecule has 7 aromatic rings. The molecule has 7 rings (SSSR count). The fourth-order valence-electron chi connectivity index (χ4n) is 7.57. The molecule has 2 atom stereocenters. The maximum atomic E-state index is 14.4. The zero-order chi connectivity index (χ0) is 60.1. The van der Waals surface area contributed by atoms with Crippen LogP contribution in [0.15, 0.2) is 152 Å². The number of rotatable bonds is 22. The molecule has 442 valence electrons. The van der Waals surface area contributed by atoms with E-state index in [0.717, 1.165) is 33.3 Å². The van der Waals surface area contributed by atoms with Gasteiger partial charge in [0.2, 0.25) is 0 Å². The molecular weight excluding hydrogens is 1330 g/mol. The molecule has 12 nitrogen and oxygen atoms in total. The van der Waals surface area contributed by atoms with Crippen LogP contribution in [0.2, 0.25) is 0 Å². The van der Waals surface area contributed by atoms with E-state index in [1.165, 1.54) is 32.0 Å². The Kier molecular flexibility index (Phi) is 36.4. The number of nitrogens with two attached hydrogens (primary N) is 2. The monoisotopic (exact) mass is 1400 g/mol. The molecule has 0 aliphatic rings. The molecule has 1 heterocycles. The molecule has 0 unspecified atom stereocenters. The topological polar surface area (TPSA) is 194 Å². The average molecular weight is 1400 g/mol. The van der Waals surface area contributed by atoms with Crippen LogP contribution in [-0.2, 0) is 86.0 Å². The summed E-state index contributed by atoms with van der Waals surface area (Å²) in [5, 5.41) is 39.6. The van der Waals surface area contributed by atoms with Crippen molar-refractivity contribution in [2.24, 2.45) is 5.41 Å². The van der Waals surface area contributed by atoms with Gasteiger partial charge in [-0.15, -0.1) is 0 Å². The Bertz CT molecular complexity index is 2990. The molecule has 7 N–H and O–H groups in total. The third-order valence-electron chi connectivity index (χ3n) is 11.3. The normalized spacial score (nSPS) is 11.3. The Morgan fingerprint density at radius 2 is 1.04 bits per heavy atom. The van der Waals surface area contributed by atoms with Gasteiger partial charge < -0.3 is 50.5 Å². The first-order chi connectivity index (χ1) is 38.9. The number of hydrogen-bond acceptors (Lipinski definition) is 11. The van der Waals surface area contributed by atoms with Gasteiger partial charge in [0.25, 0.3) is 0 Å². The van der Waals surface area contributed by atoms with E-state index in [4.69, 9.17) is 60.0 Å². The number of halogens is 5. The Balaban J connectivity index is 0.000000470. The number of fused-ring (bicyclic) bond motifs is 1. The van der Waals surface area contributed by atoms with E-state index in [0.29, 0.717) is 56.4 Å². The van der Waals surface area contributed by atoms with Gasteiger partial charge in [0.15, 0.2) is 0 Å². The van der Waals surface area contributed by atoms with Gasteiger partial charge in [-0.2, -0.15) is 10.5 Å².